The Kier molecular flexibility index (Phi) is 2.73. The van der Waals surface area contributed by atoms with E-state index in [0.717, 1.165) is 44.8 Å². The van der Waals surface area contributed by atoms with E-state index >= 15 is 0 Å². The van der Waals surface area contributed by atoms with Gasteiger partial charge in [0.25, 0.3) is 0 Å². The Bertz CT molecular complexity index is 572. The minimum atomic E-state index is -0.334. The summed E-state index contributed by atoms with van der Waals surface area (Å²) in [5.74, 6) is 1.83. The van der Waals surface area contributed by atoms with Gasteiger partial charge >= 0.3 is 0 Å². The van der Waals surface area contributed by atoms with Crippen LogP contribution in [0.25, 0.3) is 0 Å². The molecule has 1 N–H and O–H groups in total. The quantitative estimate of drug-likeness (QED) is 0.692. The number of aliphatic hydroxyl groups is 1. The van der Waals surface area contributed by atoms with Crippen LogP contribution in [0, 0.1) is 23.2 Å². The van der Waals surface area contributed by atoms with E-state index in [4.69, 9.17) is 14.2 Å². The van der Waals surface area contributed by atoms with Crippen LogP contribution in [-0.4, -0.2) is 41.4 Å². The van der Waals surface area contributed by atoms with E-state index in [2.05, 4.69) is 6.92 Å². The van der Waals surface area contributed by atoms with Gasteiger partial charge in [0, 0.05) is 12.8 Å². The lowest BCUT2D eigenvalue weighted by Gasteiger charge is -2.53. The summed E-state index contributed by atoms with van der Waals surface area (Å²) in [5, 5.41) is 10.6. The summed E-state index contributed by atoms with van der Waals surface area (Å²) in [6, 6.07) is 0. The molecule has 4 aliphatic carbocycles. The minimum Gasteiger partial charge on any atom is -0.393 e. The summed E-state index contributed by atoms with van der Waals surface area (Å²) in [6.45, 7) is 3.84. The molecule has 4 nitrogen and oxygen atoms in total. The van der Waals surface area contributed by atoms with Gasteiger partial charge in [-0.3, -0.25) is 0 Å². The predicted molar refractivity (Wildman–Crippen MR) is 87.3 cm³/mol. The number of rotatable bonds is 0. The fraction of sp³-hybridized carbons (Fsp3) is 1.00. The largest absolute Gasteiger partial charge is 0.393 e. The van der Waals surface area contributed by atoms with Gasteiger partial charge in [-0.15, -0.1) is 0 Å². The molecule has 2 aliphatic heterocycles. The summed E-state index contributed by atoms with van der Waals surface area (Å²) in [6.07, 6.45) is 10.1. The van der Waals surface area contributed by atoms with Crippen LogP contribution >= 0.6 is 0 Å². The first-order valence-electron chi connectivity index (χ1n) is 10.2. The second-order valence-electron chi connectivity index (χ2n) is 9.82. The maximum Gasteiger partial charge on any atom is 0.171 e. The molecule has 24 heavy (non-hydrogen) atoms. The van der Waals surface area contributed by atoms with E-state index in [-0.39, 0.29) is 28.5 Å². The molecule has 0 radical (unpaired) electrons. The van der Waals surface area contributed by atoms with E-state index in [1.165, 1.54) is 32.1 Å². The molecule has 2 saturated heterocycles. The van der Waals surface area contributed by atoms with Crippen LogP contribution in [0.5, 0.6) is 0 Å². The molecule has 3 unspecified atom stereocenters. The number of epoxide rings is 1. The number of aliphatic hydroxyl groups excluding tert-OH is 1. The Morgan fingerprint density at radius 2 is 1.71 bits per heavy atom. The molecule has 0 aromatic rings. The van der Waals surface area contributed by atoms with Gasteiger partial charge in [-0.25, -0.2) is 0 Å². The third-order valence-electron chi connectivity index (χ3n) is 9.22. The van der Waals surface area contributed by atoms with Crippen molar-refractivity contribution >= 4 is 0 Å². The fourth-order valence-corrected chi connectivity index (χ4v) is 8.02. The Morgan fingerprint density at radius 3 is 2.54 bits per heavy atom. The molecule has 0 bridgehead atoms. The van der Waals surface area contributed by atoms with Crippen LogP contribution in [0.1, 0.15) is 64.7 Å². The van der Waals surface area contributed by atoms with Gasteiger partial charge in [-0.2, -0.15) is 0 Å². The van der Waals surface area contributed by atoms with Crippen molar-refractivity contribution in [3.8, 4) is 0 Å². The first-order chi connectivity index (χ1) is 11.5. The van der Waals surface area contributed by atoms with Crippen molar-refractivity contribution in [3.05, 3.63) is 0 Å². The summed E-state index contributed by atoms with van der Waals surface area (Å²) < 4.78 is 18.7. The molecule has 0 amide bonds. The molecule has 6 fully saturated rings. The Labute approximate surface area is 144 Å². The number of hydrogen-bond acceptors (Lipinski definition) is 4. The third kappa shape index (κ3) is 1.57. The Morgan fingerprint density at radius 1 is 0.875 bits per heavy atom. The molecule has 1 spiro atoms. The van der Waals surface area contributed by atoms with E-state index in [1.54, 1.807) is 0 Å². The average molecular weight is 334 g/mol. The molecule has 7 atom stereocenters. The molecule has 6 rings (SSSR count). The smallest absolute Gasteiger partial charge is 0.171 e. The van der Waals surface area contributed by atoms with Crippen LogP contribution in [-0.2, 0) is 14.2 Å². The number of hydrogen-bond donors (Lipinski definition) is 1. The standard InChI is InChI=1S/C20H30O4/c1-17-6-5-15-13(14(17)2-3-16(17)21)4-7-18-12-19(22-10-11-23-19)8-9-20(15,18)24-18/h13-16,21H,2-12H2,1H3/t13?,14?,15?,16-,17-,18-,20-/m0/s1. The molecule has 4 saturated carbocycles. The second-order valence-corrected chi connectivity index (χ2v) is 9.82. The van der Waals surface area contributed by atoms with Gasteiger partial charge in [0.05, 0.1) is 19.3 Å². The van der Waals surface area contributed by atoms with Gasteiger partial charge in [0.15, 0.2) is 5.79 Å². The van der Waals surface area contributed by atoms with Crippen molar-refractivity contribution in [1.29, 1.82) is 0 Å². The van der Waals surface area contributed by atoms with Gasteiger partial charge in [-0.1, -0.05) is 6.92 Å². The Hall–Kier alpha value is -0.160. The molecule has 134 valence electrons. The molecule has 0 aromatic heterocycles. The molecular weight excluding hydrogens is 304 g/mol. The van der Waals surface area contributed by atoms with Crippen molar-refractivity contribution in [3.63, 3.8) is 0 Å². The first-order valence-corrected chi connectivity index (χ1v) is 10.2. The molecule has 0 aromatic carbocycles. The van der Waals surface area contributed by atoms with Crippen molar-refractivity contribution in [1.82, 2.24) is 0 Å². The zero-order valence-corrected chi connectivity index (χ0v) is 14.8. The SMILES string of the molecule is C[C@]12CCC3C(CC[C@]45CC6(CC[C@]34O5)OCCO6)C1CC[C@@H]2O. The summed E-state index contributed by atoms with van der Waals surface area (Å²) >= 11 is 0. The topological polar surface area (TPSA) is 51.2 Å². The first kappa shape index (κ1) is 15.0. The molecular formula is C20H30O4. The van der Waals surface area contributed by atoms with E-state index in [9.17, 15) is 5.11 Å². The van der Waals surface area contributed by atoms with E-state index < -0.39 is 0 Å². The van der Waals surface area contributed by atoms with Crippen LogP contribution in [0.2, 0.25) is 0 Å². The van der Waals surface area contributed by atoms with Crippen molar-refractivity contribution in [2.24, 2.45) is 23.2 Å². The van der Waals surface area contributed by atoms with Gasteiger partial charge in [0.1, 0.15) is 11.2 Å². The van der Waals surface area contributed by atoms with Crippen LogP contribution in [0.3, 0.4) is 0 Å². The minimum absolute atomic E-state index is 0.0434. The Balaban J connectivity index is 1.31. The highest BCUT2D eigenvalue weighted by Crippen LogP contribution is 2.74. The average Bonchev–Trinajstić information content (AvgIpc) is 2.88. The normalized spacial score (nSPS) is 60.2. The van der Waals surface area contributed by atoms with E-state index in [1.807, 2.05) is 0 Å². The maximum atomic E-state index is 10.6. The van der Waals surface area contributed by atoms with Crippen LogP contribution in [0.4, 0.5) is 0 Å². The second kappa shape index (κ2) is 4.39. The van der Waals surface area contributed by atoms with Crippen molar-refractivity contribution in [2.45, 2.75) is 87.8 Å². The molecule has 4 heteroatoms. The predicted octanol–water partition coefficient (Wildman–Crippen LogP) is 3.02. The van der Waals surface area contributed by atoms with Gasteiger partial charge in [0.2, 0.25) is 0 Å². The van der Waals surface area contributed by atoms with Gasteiger partial charge in [-0.05, 0) is 68.1 Å². The lowest BCUT2D eigenvalue weighted by molar-refractivity contribution is -0.191. The van der Waals surface area contributed by atoms with Crippen molar-refractivity contribution in [2.75, 3.05) is 13.2 Å². The lowest BCUT2D eigenvalue weighted by Crippen LogP contribution is -2.56. The monoisotopic (exact) mass is 334 g/mol. The van der Waals surface area contributed by atoms with E-state index in [0.29, 0.717) is 11.8 Å². The maximum absolute atomic E-state index is 10.6. The summed E-state index contributed by atoms with van der Waals surface area (Å²) in [5.41, 5.74) is 0.327. The summed E-state index contributed by atoms with van der Waals surface area (Å²) in [7, 11) is 0. The number of fused-ring (bicyclic) bond motifs is 3. The highest BCUT2D eigenvalue weighted by molar-refractivity contribution is 5.28. The zero-order chi connectivity index (χ0) is 16.2. The lowest BCUT2D eigenvalue weighted by atomic mass is 9.50. The van der Waals surface area contributed by atoms with Gasteiger partial charge < -0.3 is 19.3 Å². The fourth-order valence-electron chi connectivity index (χ4n) is 8.02. The summed E-state index contributed by atoms with van der Waals surface area (Å²) in [4.78, 5) is 0. The zero-order valence-electron chi connectivity index (χ0n) is 14.8. The van der Waals surface area contributed by atoms with Crippen LogP contribution < -0.4 is 0 Å². The van der Waals surface area contributed by atoms with Crippen molar-refractivity contribution < 1.29 is 19.3 Å². The number of ether oxygens (including phenoxy) is 3. The van der Waals surface area contributed by atoms with Crippen LogP contribution in [0.15, 0.2) is 0 Å². The highest BCUT2D eigenvalue weighted by Gasteiger charge is 2.80. The molecule has 2 heterocycles. The third-order valence-corrected chi connectivity index (χ3v) is 9.22. The molecule has 6 aliphatic rings. The highest BCUT2D eigenvalue weighted by atomic mass is 16.7.